The Hall–Kier alpha value is 2.39. The van der Waals surface area contributed by atoms with Crippen LogP contribution in [0.3, 0.4) is 0 Å². The maximum Gasteiger partial charge on any atom is 0.0402 e. The van der Waals surface area contributed by atoms with Gasteiger partial charge in [-0.25, -0.2) is 0 Å². The van der Waals surface area contributed by atoms with Gasteiger partial charge >= 0.3 is 0 Å². The zero-order chi connectivity index (χ0) is 2.71. The second-order valence-electron chi connectivity index (χ2n) is 0.316. The molecule has 10 heavy (non-hydrogen) atoms. The smallest absolute Gasteiger partial charge is 0.0402 e. The van der Waals surface area contributed by atoms with Crippen molar-refractivity contribution < 1.29 is 101 Å². The molecule has 8 heteroatoms. The third kappa shape index (κ3) is 161. The standard InChI is InChI=1S/C2H6O.6ClH.W/c1-2-3;;;;;;;/h3H,2H2,1H3;6*1H;/p-6. The van der Waals surface area contributed by atoms with Crippen LogP contribution in [0.15, 0.2) is 0 Å². The number of aliphatic hydroxyl groups is 1. The minimum atomic E-state index is 0. The molecule has 74 valence electrons. The SMILES string of the molecule is CCO.[Cl-].[Cl-].[Cl-].[Cl-].[Cl-].[Cl-].[W]. The zero-order valence-corrected chi connectivity index (χ0v) is 12.3. The van der Waals surface area contributed by atoms with E-state index >= 15 is 0 Å². The summed E-state index contributed by atoms with van der Waals surface area (Å²) in [6, 6.07) is 0. The third-order valence-electron chi connectivity index (χ3n) is 0. The van der Waals surface area contributed by atoms with E-state index in [0.717, 1.165) is 0 Å². The fraction of sp³-hybridized carbons (Fsp3) is 1.00. The summed E-state index contributed by atoms with van der Waals surface area (Å²) in [7, 11) is 0. The van der Waals surface area contributed by atoms with Crippen LogP contribution in [0.5, 0.6) is 0 Å². The quantitative estimate of drug-likeness (QED) is 0.395. The van der Waals surface area contributed by atoms with E-state index in [-0.39, 0.29) is 102 Å². The summed E-state index contributed by atoms with van der Waals surface area (Å²) >= 11 is 0. The maximum atomic E-state index is 7.57. The van der Waals surface area contributed by atoms with Crippen LogP contribution in [0, 0.1) is 0 Å². The van der Waals surface area contributed by atoms with E-state index < -0.39 is 0 Å². The molecule has 0 atom stereocenters. The van der Waals surface area contributed by atoms with Gasteiger partial charge in [-0.3, -0.25) is 0 Å². The fourth-order valence-electron chi connectivity index (χ4n) is 0. The summed E-state index contributed by atoms with van der Waals surface area (Å²) < 4.78 is 0. The predicted octanol–water partition coefficient (Wildman–Crippen LogP) is -18.0. The molecule has 0 heterocycles. The number of hydrogen-bond donors (Lipinski definition) is 1. The number of rotatable bonds is 0. The molecular formula is C2H6Cl6OW-6. The molecule has 0 saturated carbocycles. The molecule has 0 aromatic heterocycles. The van der Waals surface area contributed by atoms with E-state index in [4.69, 9.17) is 5.11 Å². The summed E-state index contributed by atoms with van der Waals surface area (Å²) in [5, 5.41) is 7.57. The van der Waals surface area contributed by atoms with Crippen LogP contribution in [0.4, 0.5) is 0 Å². The van der Waals surface area contributed by atoms with Crippen molar-refractivity contribution in [3.05, 3.63) is 0 Å². The van der Waals surface area contributed by atoms with E-state index in [2.05, 4.69) is 0 Å². The summed E-state index contributed by atoms with van der Waals surface area (Å²) in [6.45, 7) is 1.93. The minimum Gasteiger partial charge on any atom is -1.00 e. The Morgan fingerprint density at radius 3 is 0.800 bits per heavy atom. The molecule has 0 aromatic rings. The molecule has 0 aromatic carbocycles. The van der Waals surface area contributed by atoms with E-state index in [1.54, 1.807) is 6.92 Å². The van der Waals surface area contributed by atoms with Gasteiger partial charge in [0.15, 0.2) is 0 Å². The molecule has 0 spiro atoms. The predicted molar refractivity (Wildman–Crippen MR) is 12.8 cm³/mol. The Balaban J connectivity index is -0.000000000952. The van der Waals surface area contributed by atoms with Crippen LogP contribution in [0.1, 0.15) is 6.92 Å². The van der Waals surface area contributed by atoms with Crippen molar-refractivity contribution in [2.24, 2.45) is 0 Å². The first-order valence-corrected chi connectivity index (χ1v) is 1.02. The second-order valence-corrected chi connectivity index (χ2v) is 0.316. The molecule has 0 aliphatic rings. The van der Waals surface area contributed by atoms with Crippen LogP contribution < -0.4 is 74.4 Å². The van der Waals surface area contributed by atoms with Crippen molar-refractivity contribution in [1.82, 2.24) is 0 Å². The second kappa shape index (κ2) is 107. The molecule has 0 saturated heterocycles. The van der Waals surface area contributed by atoms with E-state index in [0.29, 0.717) is 0 Å². The van der Waals surface area contributed by atoms with E-state index in [9.17, 15) is 0 Å². The normalized spacial score (nSPS) is 1.80. The molecular weight excluding hydrogens is 437 g/mol. The summed E-state index contributed by atoms with van der Waals surface area (Å²) in [5.74, 6) is 0. The van der Waals surface area contributed by atoms with Gasteiger partial charge in [0, 0.05) is 27.7 Å². The first-order chi connectivity index (χ1) is 1.41. The van der Waals surface area contributed by atoms with Gasteiger partial charge in [-0.15, -0.1) is 0 Å². The molecule has 0 aliphatic heterocycles. The van der Waals surface area contributed by atoms with Crippen molar-refractivity contribution >= 4 is 0 Å². The number of hydrogen-bond acceptors (Lipinski definition) is 1. The van der Waals surface area contributed by atoms with Crippen LogP contribution in [0.25, 0.3) is 0 Å². The molecule has 0 bridgehead atoms. The van der Waals surface area contributed by atoms with Crippen molar-refractivity contribution in [3.8, 4) is 0 Å². The summed E-state index contributed by atoms with van der Waals surface area (Å²) in [5.41, 5.74) is 0. The summed E-state index contributed by atoms with van der Waals surface area (Å²) in [4.78, 5) is 0. The summed E-state index contributed by atoms with van der Waals surface area (Å²) in [6.07, 6.45) is 0. The van der Waals surface area contributed by atoms with Crippen molar-refractivity contribution in [3.63, 3.8) is 0 Å². The molecule has 1 nitrogen and oxygen atoms in total. The van der Waals surface area contributed by atoms with Crippen LogP contribution in [0.2, 0.25) is 0 Å². The van der Waals surface area contributed by atoms with Gasteiger partial charge in [0.05, 0.1) is 0 Å². The molecule has 0 rings (SSSR count). The van der Waals surface area contributed by atoms with Gasteiger partial charge in [-0.05, 0) is 6.92 Å². The van der Waals surface area contributed by atoms with E-state index in [1.165, 1.54) is 0 Å². The first kappa shape index (κ1) is 83.4. The fourth-order valence-corrected chi connectivity index (χ4v) is 0. The topological polar surface area (TPSA) is 20.2 Å². The van der Waals surface area contributed by atoms with Gasteiger partial charge in [0.2, 0.25) is 0 Å². The Morgan fingerprint density at radius 2 is 0.800 bits per heavy atom. The Morgan fingerprint density at radius 1 is 0.800 bits per heavy atom. The number of halogens is 6. The molecule has 1 N–H and O–H groups in total. The van der Waals surface area contributed by atoms with Crippen molar-refractivity contribution in [2.75, 3.05) is 6.61 Å². The van der Waals surface area contributed by atoms with Gasteiger partial charge < -0.3 is 79.5 Å². The maximum absolute atomic E-state index is 7.57. The monoisotopic (exact) mass is 440 g/mol. The van der Waals surface area contributed by atoms with Crippen LogP contribution >= 0.6 is 0 Å². The van der Waals surface area contributed by atoms with Crippen LogP contribution in [-0.4, -0.2) is 11.7 Å². The molecule has 0 fully saturated rings. The molecule has 0 radical (unpaired) electrons. The van der Waals surface area contributed by atoms with Gasteiger partial charge in [-0.2, -0.15) is 0 Å². The van der Waals surface area contributed by atoms with Crippen LogP contribution in [-0.2, 0) is 21.1 Å². The van der Waals surface area contributed by atoms with Gasteiger partial charge in [0.1, 0.15) is 0 Å². The third-order valence-corrected chi connectivity index (χ3v) is 0. The molecule has 0 aliphatic carbocycles. The Labute approximate surface area is 113 Å². The Bertz CT molecular complexity index is 15.7. The van der Waals surface area contributed by atoms with Crippen molar-refractivity contribution in [1.29, 1.82) is 0 Å². The number of aliphatic hydroxyl groups excluding tert-OH is 1. The van der Waals surface area contributed by atoms with Gasteiger partial charge in [0.25, 0.3) is 0 Å². The minimum absolute atomic E-state index is 0. The van der Waals surface area contributed by atoms with Crippen molar-refractivity contribution in [2.45, 2.75) is 6.92 Å². The zero-order valence-electron chi connectivity index (χ0n) is 4.83. The molecule has 0 unspecified atom stereocenters. The van der Waals surface area contributed by atoms with E-state index in [1.807, 2.05) is 0 Å². The molecule has 0 amide bonds. The Kier molecular flexibility index (Phi) is 893. The van der Waals surface area contributed by atoms with Gasteiger partial charge in [-0.1, -0.05) is 0 Å². The first-order valence-electron chi connectivity index (χ1n) is 1.02. The largest absolute Gasteiger partial charge is 1.00 e. The average Bonchev–Trinajstić information content (AvgIpc) is 0.918. The average molecular weight is 443 g/mol.